The van der Waals surface area contributed by atoms with Crippen LogP contribution in [0.1, 0.15) is 52.6 Å². The van der Waals surface area contributed by atoms with Crippen LogP contribution in [0.15, 0.2) is 47.4 Å². The van der Waals surface area contributed by atoms with Crippen molar-refractivity contribution in [2.24, 2.45) is 16.6 Å². The number of hydrogen-bond donors (Lipinski definition) is 4. The van der Waals surface area contributed by atoms with Gasteiger partial charge in [0.2, 0.25) is 11.7 Å². The van der Waals surface area contributed by atoms with E-state index in [0.29, 0.717) is 10.7 Å². The van der Waals surface area contributed by atoms with E-state index in [2.05, 4.69) is 28.6 Å². The first-order valence-corrected chi connectivity index (χ1v) is 10.2. The minimum atomic E-state index is -0.596. The van der Waals surface area contributed by atoms with Gasteiger partial charge in [0, 0.05) is 17.1 Å². The zero-order chi connectivity index (χ0) is 24.9. The molecule has 0 spiro atoms. The lowest BCUT2D eigenvalue weighted by Gasteiger charge is -2.18. The third kappa shape index (κ3) is 5.47. The van der Waals surface area contributed by atoms with Gasteiger partial charge in [-0.25, -0.2) is 20.0 Å². The van der Waals surface area contributed by atoms with E-state index in [1.807, 2.05) is 13.8 Å². The second kappa shape index (κ2) is 10.6. The zero-order valence-electron chi connectivity index (χ0n) is 19.2. The number of allylic oxidation sites excluding steroid dienone is 1. The van der Waals surface area contributed by atoms with Gasteiger partial charge in [-0.3, -0.25) is 4.79 Å². The number of fused-ring (bicyclic) bond motifs is 1. The monoisotopic (exact) mass is 456 g/mol. The highest BCUT2D eigenvalue weighted by atomic mass is 19.1. The molecule has 1 aliphatic heterocycles. The Labute approximate surface area is 191 Å². The minimum Gasteiger partial charge on any atom is -0.396 e. The lowest BCUT2D eigenvalue weighted by molar-refractivity contribution is -0.116. The van der Waals surface area contributed by atoms with Crippen molar-refractivity contribution in [2.45, 2.75) is 40.0 Å². The quantitative estimate of drug-likeness (QED) is 0.228. The Balaban J connectivity index is 0.000000268. The summed E-state index contributed by atoms with van der Waals surface area (Å²) in [6.45, 7) is 14.2. The van der Waals surface area contributed by atoms with Gasteiger partial charge in [0.15, 0.2) is 0 Å². The van der Waals surface area contributed by atoms with Gasteiger partial charge >= 0.3 is 5.97 Å². The molecule has 1 amide bonds. The standard InChI is InChI=1S/C14H21N5O2.C9H8FNO/c1-6-10(15)13(17-5)19(16)21-14(20)12-8(3)11(7-2)18-9(12)4;1-5-7-4-6(10)2-3-8(7)11-9(5)12/h6,18H,1,5,7,15-16H2,2-4H3;2-5H,1H3,(H,11,12)/b13-10-;. The molecule has 0 bridgehead atoms. The number of nitrogens with zero attached hydrogens (tertiary/aromatic N) is 2. The second-order valence-corrected chi connectivity index (χ2v) is 7.37. The Morgan fingerprint density at radius 1 is 1.39 bits per heavy atom. The van der Waals surface area contributed by atoms with Gasteiger partial charge in [0.1, 0.15) is 5.82 Å². The molecule has 9 nitrogen and oxygen atoms in total. The van der Waals surface area contributed by atoms with Gasteiger partial charge in [-0.05, 0) is 69.3 Å². The summed E-state index contributed by atoms with van der Waals surface area (Å²) in [6.07, 6.45) is 2.12. The van der Waals surface area contributed by atoms with Gasteiger partial charge in [-0.15, -0.1) is 5.17 Å². The van der Waals surface area contributed by atoms with Crippen LogP contribution < -0.4 is 16.9 Å². The molecule has 2 aromatic rings. The lowest BCUT2D eigenvalue weighted by Crippen LogP contribution is -2.34. The molecule has 6 N–H and O–H groups in total. The van der Waals surface area contributed by atoms with Crippen LogP contribution in [0.25, 0.3) is 0 Å². The number of hydroxylamine groups is 1. The van der Waals surface area contributed by atoms with Gasteiger partial charge in [-0.1, -0.05) is 13.5 Å². The Morgan fingerprint density at radius 2 is 2.06 bits per heavy atom. The largest absolute Gasteiger partial charge is 0.396 e. The van der Waals surface area contributed by atoms with Crippen LogP contribution in [-0.4, -0.2) is 28.8 Å². The molecule has 33 heavy (non-hydrogen) atoms. The number of nitrogens with one attached hydrogen (secondary N) is 2. The number of aliphatic imine (C=N–C) groups is 1. The average molecular weight is 457 g/mol. The van der Waals surface area contributed by atoms with E-state index in [4.69, 9.17) is 16.4 Å². The Hall–Kier alpha value is -3.92. The minimum absolute atomic E-state index is 0.0138. The number of carbonyl (C=O) groups excluding carboxylic acids is 2. The third-order valence-electron chi connectivity index (χ3n) is 5.25. The number of aromatic nitrogens is 1. The first-order valence-electron chi connectivity index (χ1n) is 10.2. The van der Waals surface area contributed by atoms with Gasteiger partial charge < -0.3 is 20.9 Å². The van der Waals surface area contributed by atoms with E-state index >= 15 is 0 Å². The number of carbonyl (C=O) groups is 2. The molecule has 1 aromatic carbocycles. The summed E-state index contributed by atoms with van der Waals surface area (Å²) in [4.78, 5) is 35.2. The highest BCUT2D eigenvalue weighted by Gasteiger charge is 2.26. The van der Waals surface area contributed by atoms with E-state index in [0.717, 1.165) is 34.6 Å². The molecule has 0 fully saturated rings. The summed E-state index contributed by atoms with van der Waals surface area (Å²) in [5.41, 5.74) is 10.2. The van der Waals surface area contributed by atoms with E-state index in [-0.39, 0.29) is 29.2 Å². The molecule has 1 unspecified atom stereocenters. The molecule has 0 saturated heterocycles. The summed E-state index contributed by atoms with van der Waals surface area (Å²) in [5, 5.41) is 3.35. The molecule has 1 aromatic heterocycles. The van der Waals surface area contributed by atoms with Crippen molar-refractivity contribution < 1.29 is 18.8 Å². The molecule has 1 aliphatic rings. The molecular weight excluding hydrogens is 427 g/mol. The molecule has 1 atom stereocenters. The van der Waals surface area contributed by atoms with Crippen LogP contribution in [-0.2, 0) is 16.1 Å². The van der Waals surface area contributed by atoms with Crippen molar-refractivity contribution in [1.29, 1.82) is 0 Å². The number of halogens is 1. The first-order chi connectivity index (χ1) is 15.5. The fraction of sp³-hybridized carbons (Fsp3) is 0.261. The summed E-state index contributed by atoms with van der Waals surface area (Å²) in [7, 11) is 0. The Kier molecular flexibility index (Phi) is 8.14. The number of nitrogens with two attached hydrogens (primary N) is 2. The summed E-state index contributed by atoms with van der Waals surface area (Å²) in [6, 6.07) is 4.33. The van der Waals surface area contributed by atoms with Crippen molar-refractivity contribution in [1.82, 2.24) is 10.2 Å². The fourth-order valence-corrected chi connectivity index (χ4v) is 3.42. The van der Waals surface area contributed by atoms with Crippen molar-refractivity contribution in [2.75, 3.05) is 5.32 Å². The van der Waals surface area contributed by atoms with E-state index in [9.17, 15) is 14.0 Å². The van der Waals surface area contributed by atoms with E-state index in [1.165, 1.54) is 18.2 Å². The highest BCUT2D eigenvalue weighted by Crippen LogP contribution is 2.32. The highest BCUT2D eigenvalue weighted by molar-refractivity contribution is 6.02. The number of anilines is 1. The number of amides is 1. The van der Waals surface area contributed by atoms with Crippen LogP contribution in [0, 0.1) is 19.7 Å². The number of benzene rings is 1. The van der Waals surface area contributed by atoms with Crippen LogP contribution >= 0.6 is 0 Å². The molecule has 10 heteroatoms. The molecule has 0 aliphatic carbocycles. The molecular formula is C23H29FN6O3. The maximum absolute atomic E-state index is 12.7. The number of hydrogen-bond acceptors (Lipinski definition) is 7. The summed E-state index contributed by atoms with van der Waals surface area (Å²) >= 11 is 0. The van der Waals surface area contributed by atoms with Crippen molar-refractivity contribution in [3.05, 3.63) is 76.3 Å². The topological polar surface area (TPSA) is 139 Å². The van der Waals surface area contributed by atoms with Crippen molar-refractivity contribution in [3.8, 4) is 0 Å². The molecule has 0 saturated carbocycles. The third-order valence-corrected chi connectivity index (χ3v) is 5.25. The summed E-state index contributed by atoms with van der Waals surface area (Å²) in [5.74, 6) is 4.48. The average Bonchev–Trinajstić information content (AvgIpc) is 3.22. The Morgan fingerprint density at radius 3 is 2.61 bits per heavy atom. The smallest absolute Gasteiger partial charge is 0.367 e. The zero-order valence-corrected chi connectivity index (χ0v) is 19.2. The predicted molar refractivity (Wildman–Crippen MR) is 125 cm³/mol. The molecule has 0 radical (unpaired) electrons. The van der Waals surface area contributed by atoms with Crippen LogP contribution in [0.4, 0.5) is 10.1 Å². The number of aromatic amines is 1. The van der Waals surface area contributed by atoms with Gasteiger partial charge in [0.05, 0.1) is 17.2 Å². The number of aryl methyl sites for hydroxylation is 2. The first kappa shape index (κ1) is 25.3. The number of hydrazine groups is 1. The normalized spacial score (nSPS) is 14.8. The SMILES string of the molecule is C=C/C(N)=C(\N=C)N(N)OC(=O)c1c(C)[nH]c(CC)c1C.CC1C(=O)Nc2ccc(F)cc21. The molecule has 2 heterocycles. The molecule has 3 rings (SSSR count). The predicted octanol–water partition coefficient (Wildman–Crippen LogP) is 3.34. The number of H-pyrrole nitrogens is 1. The number of rotatable bonds is 6. The van der Waals surface area contributed by atoms with Crippen LogP contribution in [0.5, 0.6) is 0 Å². The maximum atomic E-state index is 12.7. The second-order valence-electron chi connectivity index (χ2n) is 7.37. The van der Waals surface area contributed by atoms with Crippen molar-refractivity contribution in [3.63, 3.8) is 0 Å². The van der Waals surface area contributed by atoms with Crippen LogP contribution in [0.2, 0.25) is 0 Å². The Bertz CT molecular complexity index is 1120. The van der Waals surface area contributed by atoms with Gasteiger partial charge in [-0.2, -0.15) is 0 Å². The maximum Gasteiger partial charge on any atom is 0.367 e. The fourth-order valence-electron chi connectivity index (χ4n) is 3.42. The lowest BCUT2D eigenvalue weighted by atomic mass is 10.0. The summed E-state index contributed by atoms with van der Waals surface area (Å²) < 4.78 is 12.7. The van der Waals surface area contributed by atoms with Crippen molar-refractivity contribution >= 4 is 24.3 Å². The van der Waals surface area contributed by atoms with Gasteiger partial charge in [0.25, 0.3) is 0 Å². The van der Waals surface area contributed by atoms with E-state index in [1.54, 1.807) is 19.9 Å². The van der Waals surface area contributed by atoms with E-state index < -0.39 is 5.97 Å². The molecule has 176 valence electrons. The van der Waals surface area contributed by atoms with Crippen LogP contribution in [0.3, 0.4) is 0 Å².